The van der Waals surface area contributed by atoms with E-state index in [1.807, 2.05) is 6.07 Å². The molecule has 34 heavy (non-hydrogen) atoms. The number of carbonyl (C=O) groups is 1. The van der Waals surface area contributed by atoms with Crippen LogP contribution in [0, 0.1) is 17.1 Å². The standard InChI is InChI=1S/C24H29FN8O/c1-14-8-18-21-12-30(20-7-6-17(9-26)33-24(20)19(25)10-27-33)11-15(2)32(21)28-23(18)16(3)31(14)13-22(34)29(4)5/h6-7,10,14-16H,8,11-13H2,1-5H3/t14-,15-,16+/m1/s1. The SMILES string of the molecule is C[C@@H]1Cc2c(nn3c2CN(c2ccc(C#N)n4ncc(F)c24)C[C@H]3C)[C@H](C)N1CC(=O)N(C)C. The van der Waals surface area contributed by atoms with Crippen molar-refractivity contribution >= 4 is 17.1 Å². The molecule has 0 radical (unpaired) electrons. The fourth-order valence-corrected chi connectivity index (χ4v) is 5.37. The second kappa shape index (κ2) is 8.09. The van der Waals surface area contributed by atoms with Gasteiger partial charge in [-0.1, -0.05) is 0 Å². The lowest BCUT2D eigenvalue weighted by atomic mass is 9.92. The van der Waals surface area contributed by atoms with Gasteiger partial charge in [0.2, 0.25) is 5.91 Å². The first-order chi connectivity index (χ1) is 16.2. The predicted octanol–water partition coefficient (Wildman–Crippen LogP) is 2.52. The summed E-state index contributed by atoms with van der Waals surface area (Å²) in [6.45, 7) is 8.00. The number of nitriles is 1. The van der Waals surface area contributed by atoms with Crippen LogP contribution in [0.2, 0.25) is 0 Å². The number of fused-ring (bicyclic) bond motifs is 4. The molecule has 0 aromatic carbocycles. The van der Waals surface area contributed by atoms with E-state index in [0.29, 0.717) is 30.8 Å². The Labute approximate surface area is 197 Å². The van der Waals surface area contributed by atoms with Crippen molar-refractivity contribution in [3.8, 4) is 6.07 Å². The van der Waals surface area contributed by atoms with Crippen molar-refractivity contribution in [2.75, 3.05) is 32.1 Å². The Kier molecular flexibility index (Phi) is 5.32. The molecule has 0 fully saturated rings. The van der Waals surface area contributed by atoms with E-state index < -0.39 is 5.82 Å². The quantitative estimate of drug-likeness (QED) is 0.592. The second-order valence-electron chi connectivity index (χ2n) is 9.64. The van der Waals surface area contributed by atoms with Gasteiger partial charge in [-0.2, -0.15) is 15.5 Å². The maximum atomic E-state index is 14.7. The average Bonchev–Trinajstić information content (AvgIpc) is 3.37. The summed E-state index contributed by atoms with van der Waals surface area (Å²) in [5, 5.41) is 18.5. The lowest BCUT2D eigenvalue weighted by Crippen LogP contribution is -2.46. The minimum absolute atomic E-state index is 0.0234. The van der Waals surface area contributed by atoms with Gasteiger partial charge < -0.3 is 9.80 Å². The summed E-state index contributed by atoms with van der Waals surface area (Å²) in [6, 6.07) is 5.87. The van der Waals surface area contributed by atoms with Crippen molar-refractivity contribution in [1.82, 2.24) is 29.2 Å². The number of likely N-dealkylation sites (N-methyl/N-ethyl adjacent to an activating group) is 1. The first-order valence-electron chi connectivity index (χ1n) is 11.6. The Morgan fingerprint density at radius 2 is 2.03 bits per heavy atom. The van der Waals surface area contributed by atoms with Crippen LogP contribution in [0.4, 0.5) is 10.1 Å². The molecule has 3 aromatic heterocycles. The van der Waals surface area contributed by atoms with Crippen LogP contribution >= 0.6 is 0 Å². The molecular weight excluding hydrogens is 435 g/mol. The fraction of sp³-hybridized carbons (Fsp3) is 0.500. The maximum Gasteiger partial charge on any atom is 0.236 e. The monoisotopic (exact) mass is 464 g/mol. The van der Waals surface area contributed by atoms with E-state index in [4.69, 9.17) is 5.10 Å². The van der Waals surface area contributed by atoms with E-state index in [0.717, 1.165) is 29.7 Å². The summed E-state index contributed by atoms with van der Waals surface area (Å²) in [5.41, 5.74) is 4.72. The molecule has 10 heteroatoms. The van der Waals surface area contributed by atoms with Crippen molar-refractivity contribution in [1.29, 1.82) is 5.26 Å². The number of amides is 1. The third-order valence-electron chi connectivity index (χ3n) is 7.22. The zero-order chi connectivity index (χ0) is 24.3. The molecule has 0 saturated carbocycles. The number of pyridine rings is 1. The van der Waals surface area contributed by atoms with E-state index in [1.165, 1.54) is 10.1 Å². The molecule has 0 aliphatic carbocycles. The van der Waals surface area contributed by atoms with Crippen LogP contribution in [0.3, 0.4) is 0 Å². The van der Waals surface area contributed by atoms with Gasteiger partial charge in [-0.05, 0) is 39.3 Å². The van der Waals surface area contributed by atoms with Gasteiger partial charge in [0.25, 0.3) is 0 Å². The topological polar surface area (TPSA) is 85.7 Å². The van der Waals surface area contributed by atoms with Crippen molar-refractivity contribution in [2.24, 2.45) is 0 Å². The summed E-state index contributed by atoms with van der Waals surface area (Å²) in [4.78, 5) is 18.4. The fourth-order valence-electron chi connectivity index (χ4n) is 5.37. The summed E-state index contributed by atoms with van der Waals surface area (Å²) in [6.07, 6.45) is 1.96. The van der Waals surface area contributed by atoms with Gasteiger partial charge in [0.05, 0.1) is 48.4 Å². The molecule has 9 nitrogen and oxygen atoms in total. The number of rotatable bonds is 3. The average molecular weight is 465 g/mol. The van der Waals surface area contributed by atoms with Crippen LogP contribution < -0.4 is 4.90 Å². The van der Waals surface area contributed by atoms with Crippen LogP contribution in [0.25, 0.3) is 5.52 Å². The zero-order valence-corrected chi connectivity index (χ0v) is 20.2. The summed E-state index contributed by atoms with van der Waals surface area (Å²) >= 11 is 0. The van der Waals surface area contributed by atoms with Crippen molar-refractivity contribution < 1.29 is 9.18 Å². The number of nitrogens with zero attached hydrogens (tertiary/aromatic N) is 8. The van der Waals surface area contributed by atoms with Gasteiger partial charge >= 0.3 is 0 Å². The predicted molar refractivity (Wildman–Crippen MR) is 125 cm³/mol. The molecule has 2 aliphatic rings. The van der Waals surface area contributed by atoms with Gasteiger partial charge in [-0.15, -0.1) is 0 Å². The lowest BCUT2D eigenvalue weighted by molar-refractivity contribution is -0.131. The van der Waals surface area contributed by atoms with E-state index >= 15 is 0 Å². The molecule has 178 valence electrons. The zero-order valence-electron chi connectivity index (χ0n) is 20.2. The largest absolute Gasteiger partial charge is 0.362 e. The third-order valence-corrected chi connectivity index (χ3v) is 7.22. The summed E-state index contributed by atoms with van der Waals surface area (Å²) in [5.74, 6) is -0.359. The normalized spacial score (nSPS) is 22.4. The Hall–Kier alpha value is -3.45. The molecular formula is C24H29FN8O. The molecule has 0 bridgehead atoms. The lowest BCUT2D eigenvalue weighted by Gasteiger charge is -2.39. The summed E-state index contributed by atoms with van der Waals surface area (Å²) < 4.78 is 18.2. The highest BCUT2D eigenvalue weighted by molar-refractivity contribution is 5.78. The minimum atomic E-state index is -0.440. The molecule has 3 atom stereocenters. The minimum Gasteiger partial charge on any atom is -0.362 e. The highest BCUT2D eigenvalue weighted by atomic mass is 19.1. The third kappa shape index (κ3) is 3.34. The van der Waals surface area contributed by atoms with Crippen LogP contribution in [-0.4, -0.2) is 68.3 Å². The Balaban J connectivity index is 1.52. The molecule has 0 unspecified atom stereocenters. The van der Waals surface area contributed by atoms with Gasteiger partial charge in [0.15, 0.2) is 5.82 Å². The number of hydrogen-bond donors (Lipinski definition) is 0. The first kappa shape index (κ1) is 22.3. The first-order valence-corrected chi connectivity index (χ1v) is 11.6. The molecule has 1 amide bonds. The number of carbonyl (C=O) groups excluding carboxylic acids is 1. The van der Waals surface area contributed by atoms with Gasteiger partial charge in [0, 0.05) is 32.2 Å². The van der Waals surface area contributed by atoms with Crippen molar-refractivity contribution in [2.45, 2.75) is 51.9 Å². The molecule has 0 saturated heterocycles. The van der Waals surface area contributed by atoms with E-state index in [1.54, 1.807) is 25.1 Å². The number of anilines is 1. The number of hydrogen-bond acceptors (Lipinski definition) is 6. The summed E-state index contributed by atoms with van der Waals surface area (Å²) in [7, 11) is 3.56. The number of aromatic nitrogens is 4. The van der Waals surface area contributed by atoms with E-state index in [9.17, 15) is 14.4 Å². The van der Waals surface area contributed by atoms with Crippen LogP contribution in [0.1, 0.15) is 55.5 Å². The van der Waals surface area contributed by atoms with E-state index in [2.05, 4.69) is 46.4 Å². The Bertz CT molecular complexity index is 1320. The van der Waals surface area contributed by atoms with Crippen molar-refractivity contribution in [3.63, 3.8) is 0 Å². The van der Waals surface area contributed by atoms with Crippen LogP contribution in [0.15, 0.2) is 18.3 Å². The van der Waals surface area contributed by atoms with Crippen LogP contribution in [0.5, 0.6) is 0 Å². The highest BCUT2D eigenvalue weighted by Gasteiger charge is 2.38. The van der Waals surface area contributed by atoms with Gasteiger partial charge in [-0.3, -0.25) is 14.4 Å². The van der Waals surface area contributed by atoms with Crippen LogP contribution in [-0.2, 0) is 17.8 Å². The van der Waals surface area contributed by atoms with Gasteiger partial charge in [0.1, 0.15) is 17.3 Å². The molecule has 3 aromatic rings. The molecule has 5 heterocycles. The molecule has 2 aliphatic heterocycles. The second-order valence-corrected chi connectivity index (χ2v) is 9.64. The maximum absolute atomic E-state index is 14.7. The Morgan fingerprint density at radius 3 is 2.74 bits per heavy atom. The number of halogens is 1. The molecule has 5 rings (SSSR count). The highest BCUT2D eigenvalue weighted by Crippen LogP contribution is 2.39. The smallest absolute Gasteiger partial charge is 0.236 e. The van der Waals surface area contributed by atoms with Gasteiger partial charge in [-0.25, -0.2) is 8.91 Å². The molecule has 0 spiro atoms. The molecule has 0 N–H and O–H groups in total. The van der Waals surface area contributed by atoms with Crippen molar-refractivity contribution in [3.05, 3.63) is 46.8 Å². The Morgan fingerprint density at radius 1 is 1.26 bits per heavy atom. The van der Waals surface area contributed by atoms with E-state index in [-0.39, 0.29) is 24.0 Å².